The molecule has 0 N–H and O–H groups in total. The van der Waals surface area contributed by atoms with Crippen LogP contribution in [0.4, 0.5) is 0 Å². The first-order valence-corrected chi connectivity index (χ1v) is 7.54. The summed E-state index contributed by atoms with van der Waals surface area (Å²) >= 11 is 16.1. The smallest absolute Gasteiger partial charge is 0.119 e. The third-order valence-electron chi connectivity index (χ3n) is 2.71. The van der Waals surface area contributed by atoms with Gasteiger partial charge in [0.15, 0.2) is 0 Å². The molecule has 0 heterocycles. The van der Waals surface area contributed by atoms with Crippen LogP contribution in [0.3, 0.4) is 0 Å². The highest BCUT2D eigenvalue weighted by Crippen LogP contribution is 2.35. The first-order chi connectivity index (χ1) is 9.11. The fourth-order valence-corrected chi connectivity index (χ4v) is 2.78. The van der Waals surface area contributed by atoms with Gasteiger partial charge in [0.1, 0.15) is 5.75 Å². The number of alkyl halides is 1. The molecule has 0 saturated carbocycles. The maximum atomic E-state index is 6.49. The highest BCUT2D eigenvalue weighted by Gasteiger charge is 2.14. The van der Waals surface area contributed by atoms with Crippen LogP contribution < -0.4 is 4.74 Å². The molecule has 0 radical (unpaired) electrons. The first-order valence-electron chi connectivity index (χ1n) is 5.93. The average Bonchev–Trinajstić information content (AvgIpc) is 2.42. The van der Waals surface area contributed by atoms with Crippen molar-refractivity contribution < 1.29 is 4.74 Å². The topological polar surface area (TPSA) is 9.23 Å². The molecule has 4 heteroatoms. The SMILES string of the molecule is CCOc1ccc(C(Cl)c2cc(Br)ccc2Cl)cc1. The summed E-state index contributed by atoms with van der Waals surface area (Å²) in [4.78, 5) is 0. The number of hydrogen-bond donors (Lipinski definition) is 0. The van der Waals surface area contributed by atoms with Gasteiger partial charge in [-0.25, -0.2) is 0 Å². The van der Waals surface area contributed by atoms with E-state index in [2.05, 4.69) is 15.9 Å². The molecule has 1 unspecified atom stereocenters. The molecule has 1 atom stereocenters. The van der Waals surface area contributed by atoms with Crippen LogP contribution in [0.15, 0.2) is 46.9 Å². The maximum Gasteiger partial charge on any atom is 0.119 e. The highest BCUT2D eigenvalue weighted by molar-refractivity contribution is 9.10. The van der Waals surface area contributed by atoms with Gasteiger partial charge in [0, 0.05) is 9.50 Å². The lowest BCUT2D eigenvalue weighted by Gasteiger charge is -2.13. The van der Waals surface area contributed by atoms with E-state index in [1.165, 1.54) is 0 Å². The Labute approximate surface area is 131 Å². The van der Waals surface area contributed by atoms with Crippen molar-refractivity contribution in [2.45, 2.75) is 12.3 Å². The van der Waals surface area contributed by atoms with Crippen molar-refractivity contribution >= 4 is 39.1 Å². The maximum absolute atomic E-state index is 6.49. The van der Waals surface area contributed by atoms with Gasteiger partial charge >= 0.3 is 0 Å². The van der Waals surface area contributed by atoms with E-state index in [1.54, 1.807) is 0 Å². The van der Waals surface area contributed by atoms with E-state index >= 15 is 0 Å². The molecule has 2 aromatic rings. The third kappa shape index (κ3) is 3.65. The Hall–Kier alpha value is -0.700. The lowest BCUT2D eigenvalue weighted by molar-refractivity contribution is 0.340. The fourth-order valence-electron chi connectivity index (χ4n) is 1.79. The Bertz CT molecular complexity index is 555. The Balaban J connectivity index is 2.27. The van der Waals surface area contributed by atoms with Crippen molar-refractivity contribution in [3.05, 3.63) is 63.1 Å². The molecule has 0 aromatic heterocycles. The second kappa shape index (κ2) is 6.65. The number of hydrogen-bond acceptors (Lipinski definition) is 1. The predicted molar refractivity (Wildman–Crippen MR) is 84.5 cm³/mol. The minimum atomic E-state index is -0.277. The largest absolute Gasteiger partial charge is 0.494 e. The van der Waals surface area contributed by atoms with Gasteiger partial charge in [-0.2, -0.15) is 0 Å². The number of benzene rings is 2. The van der Waals surface area contributed by atoms with Crippen LogP contribution in [0.1, 0.15) is 23.4 Å². The number of rotatable bonds is 4. The van der Waals surface area contributed by atoms with Crippen molar-refractivity contribution in [2.24, 2.45) is 0 Å². The molecular weight excluding hydrogens is 347 g/mol. The standard InChI is InChI=1S/C15H13BrCl2O/c1-2-19-12-6-3-10(4-7-12)15(18)13-9-11(16)5-8-14(13)17/h3-9,15H,2H2,1H3. The van der Waals surface area contributed by atoms with Crippen molar-refractivity contribution in [2.75, 3.05) is 6.61 Å². The molecule has 0 saturated heterocycles. The van der Waals surface area contributed by atoms with Gasteiger partial charge in [-0.05, 0) is 48.4 Å². The molecule has 0 amide bonds. The van der Waals surface area contributed by atoms with Crippen LogP contribution in [-0.4, -0.2) is 6.61 Å². The Morgan fingerprint density at radius 3 is 2.47 bits per heavy atom. The van der Waals surface area contributed by atoms with Crippen molar-refractivity contribution in [1.29, 1.82) is 0 Å². The molecule has 0 aliphatic carbocycles. The van der Waals surface area contributed by atoms with E-state index in [1.807, 2.05) is 49.4 Å². The Morgan fingerprint density at radius 1 is 1.16 bits per heavy atom. The van der Waals surface area contributed by atoms with Gasteiger partial charge in [0.2, 0.25) is 0 Å². The number of halogens is 3. The van der Waals surface area contributed by atoms with Gasteiger partial charge < -0.3 is 4.74 Å². The van der Waals surface area contributed by atoms with E-state index in [-0.39, 0.29) is 5.38 Å². The highest BCUT2D eigenvalue weighted by atomic mass is 79.9. The molecule has 0 aliphatic heterocycles. The van der Waals surface area contributed by atoms with E-state index in [0.29, 0.717) is 11.6 Å². The van der Waals surface area contributed by atoms with Crippen molar-refractivity contribution in [1.82, 2.24) is 0 Å². The normalized spacial score (nSPS) is 12.2. The third-order valence-corrected chi connectivity index (χ3v) is 4.04. The summed E-state index contributed by atoms with van der Waals surface area (Å²) in [6.45, 7) is 2.61. The molecule has 0 spiro atoms. The zero-order valence-corrected chi connectivity index (χ0v) is 13.5. The molecule has 1 nitrogen and oxygen atoms in total. The molecule has 0 bridgehead atoms. The fraction of sp³-hybridized carbons (Fsp3) is 0.200. The minimum absolute atomic E-state index is 0.277. The van der Waals surface area contributed by atoms with E-state index in [9.17, 15) is 0 Å². The van der Waals surface area contributed by atoms with Crippen LogP contribution in [0.25, 0.3) is 0 Å². The summed E-state index contributed by atoms with van der Waals surface area (Å²) < 4.78 is 6.37. The quantitative estimate of drug-likeness (QED) is 0.624. The summed E-state index contributed by atoms with van der Waals surface area (Å²) in [6.07, 6.45) is 0. The first kappa shape index (κ1) is 14.7. The predicted octanol–water partition coefficient (Wildman–Crippen LogP) is 5.83. The zero-order chi connectivity index (χ0) is 13.8. The summed E-state index contributed by atoms with van der Waals surface area (Å²) in [5.41, 5.74) is 1.88. The van der Waals surface area contributed by atoms with E-state index in [0.717, 1.165) is 21.3 Å². The van der Waals surface area contributed by atoms with Gasteiger partial charge in [0.25, 0.3) is 0 Å². The van der Waals surface area contributed by atoms with Crippen LogP contribution in [0.2, 0.25) is 5.02 Å². The molecular formula is C15H13BrCl2O. The summed E-state index contributed by atoms with van der Waals surface area (Å²) in [7, 11) is 0. The van der Waals surface area contributed by atoms with Crippen LogP contribution in [0.5, 0.6) is 5.75 Å². The van der Waals surface area contributed by atoms with Crippen LogP contribution in [0, 0.1) is 0 Å². The summed E-state index contributed by atoms with van der Waals surface area (Å²) in [6, 6.07) is 13.4. The van der Waals surface area contributed by atoms with E-state index in [4.69, 9.17) is 27.9 Å². The van der Waals surface area contributed by atoms with E-state index < -0.39 is 0 Å². The van der Waals surface area contributed by atoms with Gasteiger partial charge in [-0.1, -0.05) is 39.7 Å². The Morgan fingerprint density at radius 2 is 1.84 bits per heavy atom. The van der Waals surface area contributed by atoms with Crippen LogP contribution >= 0.6 is 39.1 Å². The van der Waals surface area contributed by atoms with Crippen molar-refractivity contribution in [3.8, 4) is 5.75 Å². The molecule has 2 rings (SSSR count). The van der Waals surface area contributed by atoms with Crippen molar-refractivity contribution in [3.63, 3.8) is 0 Å². The molecule has 100 valence electrons. The monoisotopic (exact) mass is 358 g/mol. The number of ether oxygens (including phenoxy) is 1. The zero-order valence-electron chi connectivity index (χ0n) is 10.4. The molecule has 19 heavy (non-hydrogen) atoms. The second-order valence-electron chi connectivity index (χ2n) is 4.03. The lowest BCUT2D eigenvalue weighted by atomic mass is 10.0. The second-order valence-corrected chi connectivity index (χ2v) is 5.79. The van der Waals surface area contributed by atoms with Gasteiger partial charge in [-0.3, -0.25) is 0 Å². The van der Waals surface area contributed by atoms with Gasteiger partial charge in [-0.15, -0.1) is 11.6 Å². The average molecular weight is 360 g/mol. The van der Waals surface area contributed by atoms with Gasteiger partial charge in [0.05, 0.1) is 12.0 Å². The minimum Gasteiger partial charge on any atom is -0.494 e. The summed E-state index contributed by atoms with van der Waals surface area (Å²) in [5, 5.41) is 0.387. The molecule has 0 fully saturated rings. The molecule has 2 aromatic carbocycles. The lowest BCUT2D eigenvalue weighted by Crippen LogP contribution is -1.96. The summed E-state index contributed by atoms with van der Waals surface area (Å²) in [5.74, 6) is 0.843. The van der Waals surface area contributed by atoms with Crippen LogP contribution in [-0.2, 0) is 0 Å². The molecule has 0 aliphatic rings. The Kier molecular flexibility index (Phi) is 5.14.